The van der Waals surface area contributed by atoms with Crippen LogP contribution in [0.5, 0.6) is 0 Å². The number of amides is 7. The Bertz CT molecular complexity index is 2330. The van der Waals surface area contributed by atoms with E-state index in [0.29, 0.717) is 18.4 Å². The molecule has 0 aliphatic carbocycles. The SMILES string of the molecule is CC(=O)N[C@@H](Cc1csc2ccccc12)C(=O)N[C@H](C(=O)N1CCCC[C@H]1C(=O)N[C@@H](Cc1ccc2ccccc2c1)C(=O)N[C@@H](CCC(N)=O)C(N)=O)[C@@H](C)OP(=O)(O)O. The van der Waals surface area contributed by atoms with Gasteiger partial charge in [-0.25, -0.2) is 4.57 Å². The van der Waals surface area contributed by atoms with Gasteiger partial charge in [-0.1, -0.05) is 60.7 Å². The Morgan fingerprint density at radius 3 is 2.21 bits per heavy atom. The summed E-state index contributed by atoms with van der Waals surface area (Å²) in [6, 6.07) is 13.5. The lowest BCUT2D eigenvalue weighted by molar-refractivity contribution is -0.148. The highest BCUT2D eigenvalue weighted by molar-refractivity contribution is 7.46. The first-order chi connectivity index (χ1) is 28.9. The summed E-state index contributed by atoms with van der Waals surface area (Å²) in [6.07, 6.45) is -1.13. The van der Waals surface area contributed by atoms with Crippen LogP contribution in [0.25, 0.3) is 20.9 Å². The Labute approximate surface area is 355 Å². The van der Waals surface area contributed by atoms with Crippen molar-refractivity contribution < 1.29 is 52.4 Å². The number of fused-ring (bicyclic) bond motifs is 2. The molecule has 0 radical (unpaired) electrons. The molecule has 1 fully saturated rings. The maximum absolute atomic E-state index is 14.5. The van der Waals surface area contributed by atoms with Crippen molar-refractivity contribution in [2.24, 2.45) is 11.5 Å². The third-order valence-corrected chi connectivity index (χ3v) is 12.0. The van der Waals surface area contributed by atoms with Crippen LogP contribution in [0.15, 0.2) is 72.1 Å². The third-order valence-electron chi connectivity index (χ3n) is 10.3. The number of thiophene rings is 1. The van der Waals surface area contributed by atoms with Crippen molar-refractivity contribution in [3.05, 3.63) is 83.2 Å². The van der Waals surface area contributed by atoms with Crippen molar-refractivity contribution in [3.8, 4) is 0 Å². The van der Waals surface area contributed by atoms with Crippen LogP contribution in [0.4, 0.5) is 0 Å². The van der Waals surface area contributed by atoms with Crippen molar-refractivity contribution in [2.75, 3.05) is 6.54 Å². The zero-order valence-electron chi connectivity index (χ0n) is 33.6. The van der Waals surface area contributed by atoms with Crippen LogP contribution in [-0.2, 0) is 55.5 Å². The van der Waals surface area contributed by atoms with E-state index < -0.39 is 85.5 Å². The fourth-order valence-electron chi connectivity index (χ4n) is 7.35. The van der Waals surface area contributed by atoms with E-state index in [0.717, 1.165) is 31.3 Å². The monoisotopic (exact) mass is 879 g/mol. The standard InChI is InChI=1S/C41H50N7O11PS/c1-23(59-60(56,57)58)36(47-39(53)32(44-24(2)49)21-28-22-61-34-13-6-5-11-29(28)34)41(55)48-18-8-7-12-33(48)40(54)46-31(38(52)45-30(37(43)51)16-17-35(42)50)20-25-14-15-26-9-3-4-10-27(26)19-25/h3-6,9-11,13-15,19,22-23,30-33,36H,7-8,12,16-18,20-21H2,1-2H3,(H2,42,50)(H2,43,51)(H,44,49)(H,45,52)(H,46,54)(H,47,53)(H2,56,57,58)/t23-,30+,31+,32+,33+,36+/m1/s1. The van der Waals surface area contributed by atoms with E-state index in [1.165, 1.54) is 25.2 Å². The van der Waals surface area contributed by atoms with Gasteiger partial charge in [0.2, 0.25) is 41.4 Å². The van der Waals surface area contributed by atoms with Crippen molar-refractivity contribution in [3.63, 3.8) is 0 Å². The average molecular weight is 880 g/mol. The molecule has 20 heteroatoms. The number of primary amides is 2. The van der Waals surface area contributed by atoms with Crippen LogP contribution in [-0.4, -0.2) is 98.9 Å². The van der Waals surface area contributed by atoms with Crippen LogP contribution in [0.1, 0.15) is 57.1 Å². The Morgan fingerprint density at radius 2 is 1.52 bits per heavy atom. The van der Waals surface area contributed by atoms with E-state index in [1.54, 1.807) is 6.07 Å². The number of carbonyl (C=O) groups is 7. The van der Waals surface area contributed by atoms with Crippen LogP contribution < -0.4 is 32.7 Å². The van der Waals surface area contributed by atoms with Crippen molar-refractivity contribution in [1.29, 1.82) is 0 Å². The van der Waals surface area contributed by atoms with E-state index in [9.17, 15) is 47.9 Å². The largest absolute Gasteiger partial charge is 0.469 e. The molecule has 0 unspecified atom stereocenters. The van der Waals surface area contributed by atoms with Crippen LogP contribution in [0.2, 0.25) is 0 Å². The summed E-state index contributed by atoms with van der Waals surface area (Å²) in [7, 11) is -5.23. The first kappa shape index (κ1) is 46.3. The Balaban J connectivity index is 1.42. The molecule has 61 heavy (non-hydrogen) atoms. The topological polar surface area (TPSA) is 290 Å². The number of piperidine rings is 1. The molecule has 1 aliphatic rings. The molecular weight excluding hydrogens is 830 g/mol. The summed E-state index contributed by atoms with van der Waals surface area (Å²) in [6.45, 7) is 2.38. The van der Waals surface area contributed by atoms with Crippen LogP contribution in [0.3, 0.4) is 0 Å². The fourth-order valence-corrected chi connectivity index (χ4v) is 8.88. The number of phosphoric ester groups is 1. The molecule has 18 nitrogen and oxygen atoms in total. The molecule has 3 aromatic carbocycles. The maximum atomic E-state index is 14.5. The first-order valence-electron chi connectivity index (χ1n) is 19.6. The first-order valence-corrected chi connectivity index (χ1v) is 22.0. The predicted molar refractivity (Wildman–Crippen MR) is 226 cm³/mol. The molecule has 6 atom stereocenters. The van der Waals surface area contributed by atoms with Crippen molar-refractivity contribution in [2.45, 2.75) is 95.1 Å². The molecule has 4 aromatic rings. The number of likely N-dealkylation sites (tertiary alicyclic amines) is 1. The van der Waals surface area contributed by atoms with Gasteiger partial charge in [0.1, 0.15) is 30.2 Å². The highest BCUT2D eigenvalue weighted by atomic mass is 32.1. The quantitative estimate of drug-likeness (QED) is 0.0624. The zero-order valence-corrected chi connectivity index (χ0v) is 35.3. The molecule has 10 N–H and O–H groups in total. The molecule has 2 heterocycles. The lowest BCUT2D eigenvalue weighted by Gasteiger charge is -2.39. The number of nitrogens with one attached hydrogen (secondary N) is 4. The summed E-state index contributed by atoms with van der Waals surface area (Å²) in [4.78, 5) is 113. The number of carbonyl (C=O) groups excluding carboxylic acids is 7. The molecule has 0 bridgehead atoms. The summed E-state index contributed by atoms with van der Waals surface area (Å²) < 4.78 is 17.9. The second-order valence-corrected chi connectivity index (χ2v) is 17.1. The van der Waals surface area contributed by atoms with Gasteiger partial charge in [-0.15, -0.1) is 11.3 Å². The number of phosphoric acid groups is 1. The van der Waals surface area contributed by atoms with E-state index in [2.05, 4.69) is 21.3 Å². The van der Waals surface area contributed by atoms with Crippen molar-refractivity contribution in [1.82, 2.24) is 26.2 Å². The van der Waals surface area contributed by atoms with Gasteiger partial charge in [-0.3, -0.25) is 38.1 Å². The lowest BCUT2D eigenvalue weighted by atomic mass is 9.97. The highest BCUT2D eigenvalue weighted by Gasteiger charge is 2.42. The summed E-state index contributed by atoms with van der Waals surface area (Å²) in [5.74, 6) is -5.54. The number of benzene rings is 3. The number of rotatable bonds is 19. The Hall–Kier alpha value is -5.72. The molecule has 326 valence electrons. The highest BCUT2D eigenvalue weighted by Crippen LogP contribution is 2.38. The number of hydrogen-bond acceptors (Lipinski definition) is 10. The summed E-state index contributed by atoms with van der Waals surface area (Å²) >= 11 is 1.44. The molecule has 1 saturated heterocycles. The predicted octanol–water partition coefficient (Wildman–Crippen LogP) is 1.43. The number of hydrogen-bond donors (Lipinski definition) is 8. The zero-order chi connectivity index (χ0) is 44.4. The summed E-state index contributed by atoms with van der Waals surface area (Å²) in [5.41, 5.74) is 12.2. The second-order valence-electron chi connectivity index (χ2n) is 15.0. The summed E-state index contributed by atoms with van der Waals surface area (Å²) in [5, 5.41) is 14.9. The van der Waals surface area contributed by atoms with Gasteiger partial charge in [0.05, 0.1) is 6.10 Å². The molecular formula is C41H50N7O11PS. The third kappa shape index (κ3) is 12.9. The minimum atomic E-state index is -5.23. The molecule has 1 aromatic heterocycles. The smallest absolute Gasteiger partial charge is 0.370 e. The van der Waals surface area contributed by atoms with E-state index in [4.69, 9.17) is 16.0 Å². The van der Waals surface area contributed by atoms with Gasteiger partial charge in [-0.05, 0) is 71.3 Å². The van der Waals surface area contributed by atoms with E-state index in [1.807, 2.05) is 66.0 Å². The molecule has 7 amide bonds. The average Bonchev–Trinajstić information content (AvgIpc) is 3.61. The maximum Gasteiger partial charge on any atom is 0.469 e. The van der Waals surface area contributed by atoms with Crippen LogP contribution >= 0.6 is 19.2 Å². The van der Waals surface area contributed by atoms with Gasteiger partial charge >= 0.3 is 7.82 Å². The van der Waals surface area contributed by atoms with E-state index >= 15 is 0 Å². The van der Waals surface area contributed by atoms with Gasteiger partial charge < -0.3 is 47.4 Å². The minimum Gasteiger partial charge on any atom is -0.370 e. The van der Waals surface area contributed by atoms with Gasteiger partial charge in [0.15, 0.2) is 0 Å². The normalized spacial score (nSPS) is 16.7. The molecule has 0 spiro atoms. The Kier molecular flexibility index (Phi) is 15.7. The van der Waals surface area contributed by atoms with Gasteiger partial charge in [0, 0.05) is 37.4 Å². The minimum absolute atomic E-state index is 0.0125. The van der Waals surface area contributed by atoms with E-state index in [-0.39, 0.29) is 38.6 Å². The van der Waals surface area contributed by atoms with Crippen LogP contribution in [0, 0.1) is 0 Å². The van der Waals surface area contributed by atoms with Gasteiger partial charge in [0.25, 0.3) is 0 Å². The van der Waals surface area contributed by atoms with Gasteiger partial charge in [-0.2, -0.15) is 0 Å². The molecule has 1 aliphatic heterocycles. The molecule has 0 saturated carbocycles. The van der Waals surface area contributed by atoms with Crippen molar-refractivity contribution >= 4 is 81.4 Å². The number of nitrogens with two attached hydrogens (primary N) is 2. The lowest BCUT2D eigenvalue weighted by Crippen LogP contribution is -2.63. The Morgan fingerprint density at radius 1 is 0.852 bits per heavy atom. The second kappa shape index (κ2) is 20.7. The number of nitrogens with zero attached hydrogens (tertiary/aromatic N) is 1. The molecule has 5 rings (SSSR count). The fraction of sp³-hybridized carbons (Fsp3) is 0.390.